The quantitative estimate of drug-likeness (QED) is 0.632. The number of hydrogen-bond acceptors (Lipinski definition) is 4. The predicted molar refractivity (Wildman–Crippen MR) is 93.7 cm³/mol. The van der Waals surface area contributed by atoms with E-state index in [0.29, 0.717) is 24.7 Å². The van der Waals surface area contributed by atoms with E-state index in [-0.39, 0.29) is 17.8 Å². The third kappa shape index (κ3) is 6.09. The van der Waals surface area contributed by atoms with Crippen LogP contribution in [-0.4, -0.2) is 38.5 Å². The maximum atomic E-state index is 11.6. The molecular weight excluding hydrogens is 314 g/mol. The molecule has 1 aliphatic rings. The first-order valence-electron chi connectivity index (χ1n) is 7.88. The van der Waals surface area contributed by atoms with E-state index in [1.165, 1.54) is 0 Å². The molecule has 2 rings (SSSR count). The Kier molecular flexibility index (Phi) is 5.87. The van der Waals surface area contributed by atoms with Gasteiger partial charge in [-0.1, -0.05) is 0 Å². The molecule has 7 heteroatoms. The number of benzene rings is 1. The molecule has 0 spiro atoms. The van der Waals surface area contributed by atoms with Gasteiger partial charge in [0.15, 0.2) is 15.8 Å². The number of nitrogens with zero attached hydrogens (tertiary/aromatic N) is 1. The highest BCUT2D eigenvalue weighted by Gasteiger charge is 2.24. The predicted octanol–water partition coefficient (Wildman–Crippen LogP) is 2.03. The molecule has 1 saturated heterocycles. The number of guanidine groups is 1. The van der Waals surface area contributed by atoms with E-state index in [2.05, 4.69) is 10.3 Å². The molecule has 6 nitrogen and oxygen atoms in total. The maximum Gasteiger partial charge on any atom is 0.193 e. The number of nitrogens with two attached hydrogens (primary N) is 1. The third-order valence-corrected chi connectivity index (χ3v) is 5.47. The van der Waals surface area contributed by atoms with Gasteiger partial charge in [0, 0.05) is 12.2 Å². The van der Waals surface area contributed by atoms with E-state index >= 15 is 0 Å². The van der Waals surface area contributed by atoms with Crippen LogP contribution in [0.15, 0.2) is 29.3 Å². The van der Waals surface area contributed by atoms with E-state index < -0.39 is 9.84 Å². The molecule has 1 aromatic rings. The van der Waals surface area contributed by atoms with Gasteiger partial charge in [-0.3, -0.25) is 4.99 Å². The molecule has 1 atom stereocenters. The summed E-state index contributed by atoms with van der Waals surface area (Å²) in [6.45, 7) is 4.39. The van der Waals surface area contributed by atoms with Gasteiger partial charge in [0.05, 0.1) is 17.6 Å². The summed E-state index contributed by atoms with van der Waals surface area (Å²) < 4.78 is 28.8. The zero-order valence-electron chi connectivity index (χ0n) is 13.7. The van der Waals surface area contributed by atoms with Crippen molar-refractivity contribution in [3.05, 3.63) is 24.3 Å². The fourth-order valence-electron chi connectivity index (χ4n) is 2.57. The monoisotopic (exact) mass is 339 g/mol. The largest absolute Gasteiger partial charge is 0.491 e. The molecule has 3 N–H and O–H groups in total. The summed E-state index contributed by atoms with van der Waals surface area (Å²) in [5, 5.41) is 3.01. The maximum absolute atomic E-state index is 11.6. The minimum Gasteiger partial charge on any atom is -0.491 e. The standard InChI is InChI=1S/C16H25N3O3S/c1-12(2)22-15-7-5-14(6-8-15)19-16(17)18-10-13-4-3-9-23(20,21)11-13/h5-8,12-13H,3-4,9-11H2,1-2H3,(H3,17,18,19). The van der Waals surface area contributed by atoms with Crippen molar-refractivity contribution >= 4 is 21.5 Å². The highest BCUT2D eigenvalue weighted by atomic mass is 32.2. The van der Waals surface area contributed by atoms with Gasteiger partial charge in [0.1, 0.15) is 5.75 Å². The van der Waals surface area contributed by atoms with Crippen molar-refractivity contribution in [2.75, 3.05) is 23.4 Å². The second kappa shape index (κ2) is 7.68. The van der Waals surface area contributed by atoms with Crippen LogP contribution >= 0.6 is 0 Å². The number of aliphatic imine (C=N–C) groups is 1. The molecule has 1 heterocycles. The molecule has 1 aliphatic heterocycles. The number of anilines is 1. The lowest BCUT2D eigenvalue weighted by molar-refractivity contribution is 0.242. The number of hydrogen-bond donors (Lipinski definition) is 2. The average molecular weight is 339 g/mol. The Labute approximate surface area is 138 Å². The SMILES string of the molecule is CC(C)Oc1ccc(NC(N)=NCC2CCCS(=O)(=O)C2)cc1. The van der Waals surface area contributed by atoms with Crippen LogP contribution < -0.4 is 15.8 Å². The Morgan fingerprint density at radius 1 is 1.39 bits per heavy atom. The van der Waals surface area contributed by atoms with Crippen molar-refractivity contribution in [1.29, 1.82) is 0 Å². The van der Waals surface area contributed by atoms with Crippen molar-refractivity contribution in [3.63, 3.8) is 0 Å². The summed E-state index contributed by atoms with van der Waals surface area (Å²) in [6.07, 6.45) is 1.73. The van der Waals surface area contributed by atoms with E-state index in [4.69, 9.17) is 10.5 Å². The van der Waals surface area contributed by atoms with E-state index in [0.717, 1.165) is 17.9 Å². The summed E-state index contributed by atoms with van der Waals surface area (Å²) in [7, 11) is -2.90. The summed E-state index contributed by atoms with van der Waals surface area (Å²) in [5.41, 5.74) is 6.69. The number of ether oxygens (including phenoxy) is 1. The minimum absolute atomic E-state index is 0.0657. The van der Waals surface area contributed by atoms with Gasteiger partial charge in [0.25, 0.3) is 0 Å². The van der Waals surface area contributed by atoms with Crippen LogP contribution in [0.1, 0.15) is 26.7 Å². The Morgan fingerprint density at radius 2 is 2.09 bits per heavy atom. The summed E-state index contributed by atoms with van der Waals surface area (Å²) in [6, 6.07) is 7.46. The Hall–Kier alpha value is -1.76. The van der Waals surface area contributed by atoms with Crippen molar-refractivity contribution in [3.8, 4) is 5.75 Å². The van der Waals surface area contributed by atoms with Gasteiger partial charge in [-0.05, 0) is 56.9 Å². The normalized spacial score (nSPS) is 21.2. The zero-order chi connectivity index (χ0) is 16.9. The molecule has 0 radical (unpaired) electrons. The molecular formula is C16H25N3O3S. The first-order valence-corrected chi connectivity index (χ1v) is 9.70. The summed E-state index contributed by atoms with van der Waals surface area (Å²) in [5.74, 6) is 1.67. The molecule has 0 amide bonds. The lowest BCUT2D eigenvalue weighted by Crippen LogP contribution is -2.29. The summed E-state index contributed by atoms with van der Waals surface area (Å²) in [4.78, 5) is 4.27. The molecule has 1 unspecified atom stereocenters. The van der Waals surface area contributed by atoms with Gasteiger partial charge in [-0.15, -0.1) is 0 Å². The van der Waals surface area contributed by atoms with E-state index in [1.54, 1.807) is 0 Å². The Bertz CT molecular complexity index is 639. The fraction of sp³-hybridized carbons (Fsp3) is 0.562. The molecule has 0 saturated carbocycles. The van der Waals surface area contributed by atoms with Crippen molar-refractivity contribution < 1.29 is 13.2 Å². The molecule has 0 aromatic heterocycles. The average Bonchev–Trinajstić information content (AvgIpc) is 2.46. The van der Waals surface area contributed by atoms with Crippen LogP contribution in [0.3, 0.4) is 0 Å². The van der Waals surface area contributed by atoms with Gasteiger partial charge < -0.3 is 15.8 Å². The molecule has 23 heavy (non-hydrogen) atoms. The fourth-order valence-corrected chi connectivity index (χ4v) is 4.33. The van der Waals surface area contributed by atoms with Crippen molar-refractivity contribution in [2.24, 2.45) is 16.6 Å². The summed E-state index contributed by atoms with van der Waals surface area (Å²) >= 11 is 0. The second-order valence-electron chi connectivity index (χ2n) is 6.16. The number of sulfone groups is 1. The van der Waals surface area contributed by atoms with E-state index in [1.807, 2.05) is 38.1 Å². The van der Waals surface area contributed by atoms with Gasteiger partial charge >= 0.3 is 0 Å². The lowest BCUT2D eigenvalue weighted by Gasteiger charge is -2.20. The highest BCUT2D eigenvalue weighted by molar-refractivity contribution is 7.91. The van der Waals surface area contributed by atoms with Crippen molar-refractivity contribution in [1.82, 2.24) is 0 Å². The van der Waals surface area contributed by atoms with E-state index in [9.17, 15) is 8.42 Å². The van der Waals surface area contributed by atoms with Gasteiger partial charge in [-0.25, -0.2) is 8.42 Å². The smallest absolute Gasteiger partial charge is 0.193 e. The zero-order valence-corrected chi connectivity index (χ0v) is 14.5. The van der Waals surface area contributed by atoms with Crippen LogP contribution in [0, 0.1) is 5.92 Å². The number of nitrogens with one attached hydrogen (secondary N) is 1. The first-order chi connectivity index (χ1) is 10.8. The van der Waals surface area contributed by atoms with Crippen LogP contribution in [0.2, 0.25) is 0 Å². The highest BCUT2D eigenvalue weighted by Crippen LogP contribution is 2.19. The minimum atomic E-state index is -2.90. The molecule has 128 valence electrons. The van der Waals surface area contributed by atoms with Crippen LogP contribution in [0.25, 0.3) is 0 Å². The Balaban J connectivity index is 1.87. The first kappa shape index (κ1) is 17.6. The van der Waals surface area contributed by atoms with Crippen LogP contribution in [0.5, 0.6) is 5.75 Å². The molecule has 1 aromatic carbocycles. The molecule has 0 bridgehead atoms. The van der Waals surface area contributed by atoms with Crippen LogP contribution in [0.4, 0.5) is 5.69 Å². The topological polar surface area (TPSA) is 93.8 Å². The third-order valence-electron chi connectivity index (χ3n) is 3.58. The lowest BCUT2D eigenvalue weighted by atomic mass is 10.1. The van der Waals surface area contributed by atoms with Crippen LogP contribution in [-0.2, 0) is 9.84 Å². The Morgan fingerprint density at radius 3 is 2.70 bits per heavy atom. The second-order valence-corrected chi connectivity index (χ2v) is 8.39. The molecule has 0 aliphatic carbocycles. The van der Waals surface area contributed by atoms with Gasteiger partial charge in [0.2, 0.25) is 0 Å². The molecule has 1 fully saturated rings. The van der Waals surface area contributed by atoms with Gasteiger partial charge in [-0.2, -0.15) is 0 Å². The van der Waals surface area contributed by atoms with Crippen molar-refractivity contribution in [2.45, 2.75) is 32.8 Å². The number of rotatable bonds is 5.